The van der Waals surface area contributed by atoms with Crippen molar-refractivity contribution in [3.63, 3.8) is 0 Å². The molecule has 2 aromatic carbocycles. The molecule has 9 heteroatoms. The van der Waals surface area contributed by atoms with Gasteiger partial charge in [-0.3, -0.25) is 9.59 Å². The Morgan fingerprint density at radius 3 is 2.66 bits per heavy atom. The third-order valence-electron chi connectivity index (χ3n) is 4.34. The van der Waals surface area contributed by atoms with E-state index in [9.17, 15) is 9.59 Å². The maximum Gasteiger partial charge on any atom is 0.307 e. The van der Waals surface area contributed by atoms with E-state index in [-0.39, 0.29) is 18.1 Å². The van der Waals surface area contributed by atoms with Crippen molar-refractivity contribution in [1.82, 2.24) is 14.8 Å². The third kappa shape index (κ3) is 3.50. The fourth-order valence-corrected chi connectivity index (χ4v) is 3.18. The van der Waals surface area contributed by atoms with Crippen LogP contribution in [0.2, 0.25) is 5.02 Å². The summed E-state index contributed by atoms with van der Waals surface area (Å²) in [6.07, 6.45) is -0.952. The summed E-state index contributed by atoms with van der Waals surface area (Å²) < 4.78 is 6.93. The van der Waals surface area contributed by atoms with Gasteiger partial charge in [0, 0.05) is 22.6 Å². The second-order valence-corrected chi connectivity index (χ2v) is 6.71. The maximum atomic E-state index is 12.1. The number of rotatable bonds is 4. The highest BCUT2D eigenvalue weighted by Crippen LogP contribution is 2.32. The van der Waals surface area contributed by atoms with E-state index >= 15 is 0 Å². The summed E-state index contributed by atoms with van der Waals surface area (Å²) in [6.45, 7) is 1.68. The van der Waals surface area contributed by atoms with Gasteiger partial charge in [-0.05, 0) is 18.2 Å². The average Bonchev–Trinajstić information content (AvgIpc) is 3.12. The Labute approximate surface area is 171 Å². The van der Waals surface area contributed by atoms with Gasteiger partial charge in [-0.15, -0.1) is 5.10 Å². The second-order valence-electron chi connectivity index (χ2n) is 6.27. The van der Waals surface area contributed by atoms with Crippen molar-refractivity contribution in [3.8, 4) is 5.69 Å². The number of nitrogens with zero attached hydrogens (tertiary/aromatic N) is 4. The standard InChI is InChI=1S/C20H16ClN5O3/c1-2-15(27)29-20-19-24-18(17(22)28)25-26(19)14-9-8-12(21)10-13(14)16(23-20)11-6-4-3-5-7-11/h3-10,20H,2H2,1H3,(H2,22,28). The van der Waals surface area contributed by atoms with Gasteiger partial charge >= 0.3 is 5.97 Å². The van der Waals surface area contributed by atoms with Crippen molar-refractivity contribution < 1.29 is 14.3 Å². The lowest BCUT2D eigenvalue weighted by atomic mass is 10.0. The SMILES string of the molecule is CCC(=O)OC1N=C(c2ccccc2)c2cc(Cl)ccc2-n2nc(C(N)=O)nc21. The van der Waals surface area contributed by atoms with Crippen LogP contribution >= 0.6 is 11.6 Å². The maximum absolute atomic E-state index is 12.1. The molecule has 1 atom stereocenters. The number of aliphatic imine (C=N–C) groups is 1. The number of benzene rings is 2. The molecule has 2 N–H and O–H groups in total. The van der Waals surface area contributed by atoms with Crippen LogP contribution in [0.15, 0.2) is 53.5 Å². The van der Waals surface area contributed by atoms with E-state index in [0.29, 0.717) is 22.0 Å². The van der Waals surface area contributed by atoms with Gasteiger partial charge in [0.15, 0.2) is 5.82 Å². The lowest BCUT2D eigenvalue weighted by Gasteiger charge is -2.12. The van der Waals surface area contributed by atoms with Crippen molar-refractivity contribution in [1.29, 1.82) is 0 Å². The van der Waals surface area contributed by atoms with Crippen molar-refractivity contribution >= 4 is 29.2 Å². The van der Waals surface area contributed by atoms with Gasteiger partial charge in [0.25, 0.3) is 12.1 Å². The molecule has 0 saturated carbocycles. The molecule has 0 radical (unpaired) electrons. The number of fused-ring (bicyclic) bond motifs is 3. The lowest BCUT2D eigenvalue weighted by molar-refractivity contribution is -0.149. The van der Waals surface area contributed by atoms with Crippen LogP contribution in [0, 0.1) is 0 Å². The zero-order valence-electron chi connectivity index (χ0n) is 15.4. The van der Waals surface area contributed by atoms with Crippen molar-refractivity contribution in [2.24, 2.45) is 10.7 Å². The molecular formula is C20H16ClN5O3. The van der Waals surface area contributed by atoms with Gasteiger partial charge in [0.2, 0.25) is 5.82 Å². The topological polar surface area (TPSA) is 112 Å². The molecular weight excluding hydrogens is 394 g/mol. The summed E-state index contributed by atoms with van der Waals surface area (Å²) in [6, 6.07) is 14.6. The van der Waals surface area contributed by atoms with E-state index in [4.69, 9.17) is 22.1 Å². The molecule has 0 bridgehead atoms. The van der Waals surface area contributed by atoms with Gasteiger partial charge < -0.3 is 10.5 Å². The first-order valence-corrected chi connectivity index (χ1v) is 9.25. The summed E-state index contributed by atoms with van der Waals surface area (Å²) >= 11 is 6.25. The number of ether oxygens (including phenoxy) is 1. The van der Waals surface area contributed by atoms with Crippen LogP contribution in [0.1, 0.15) is 47.1 Å². The van der Waals surface area contributed by atoms with Gasteiger partial charge in [-0.25, -0.2) is 14.7 Å². The van der Waals surface area contributed by atoms with Crippen LogP contribution in [0.4, 0.5) is 0 Å². The monoisotopic (exact) mass is 409 g/mol. The fraction of sp³-hybridized carbons (Fsp3) is 0.150. The van der Waals surface area contributed by atoms with Gasteiger partial charge in [-0.2, -0.15) is 0 Å². The minimum atomic E-state index is -1.11. The zero-order chi connectivity index (χ0) is 20.5. The highest BCUT2D eigenvalue weighted by atomic mass is 35.5. The molecule has 29 heavy (non-hydrogen) atoms. The van der Waals surface area contributed by atoms with Gasteiger partial charge in [-0.1, -0.05) is 48.9 Å². The molecule has 2 heterocycles. The number of primary amides is 1. The molecule has 4 rings (SSSR count). The van der Waals surface area contributed by atoms with Gasteiger partial charge in [0.05, 0.1) is 11.4 Å². The predicted octanol–water partition coefficient (Wildman–Crippen LogP) is 2.82. The largest absolute Gasteiger partial charge is 0.432 e. The molecule has 1 amide bonds. The Bertz CT molecular complexity index is 1140. The van der Waals surface area contributed by atoms with E-state index in [0.717, 1.165) is 5.56 Å². The first-order chi connectivity index (χ1) is 14.0. The molecule has 1 unspecified atom stereocenters. The Hall–Kier alpha value is -3.52. The number of halogens is 1. The van der Waals surface area contributed by atoms with E-state index in [1.165, 1.54) is 4.68 Å². The summed E-state index contributed by atoms with van der Waals surface area (Å²) in [5.74, 6) is -1.29. The Kier molecular flexibility index (Phi) is 4.85. The summed E-state index contributed by atoms with van der Waals surface area (Å²) in [5, 5.41) is 4.71. The van der Waals surface area contributed by atoms with Crippen LogP contribution < -0.4 is 5.73 Å². The number of nitrogens with two attached hydrogens (primary N) is 1. The number of hydrogen-bond donors (Lipinski definition) is 1. The van der Waals surface area contributed by atoms with Gasteiger partial charge in [0.1, 0.15) is 0 Å². The molecule has 146 valence electrons. The van der Waals surface area contributed by atoms with Crippen LogP contribution in [-0.4, -0.2) is 32.4 Å². The number of carbonyl (C=O) groups is 2. The fourth-order valence-electron chi connectivity index (χ4n) is 3.01. The molecule has 1 aliphatic rings. The molecule has 0 aliphatic carbocycles. The number of esters is 1. The van der Waals surface area contributed by atoms with E-state index in [2.05, 4.69) is 15.1 Å². The number of amides is 1. The molecule has 0 fully saturated rings. The number of aromatic nitrogens is 3. The van der Waals surface area contributed by atoms with Crippen LogP contribution in [0.3, 0.4) is 0 Å². The first-order valence-electron chi connectivity index (χ1n) is 8.87. The van der Waals surface area contributed by atoms with Crippen LogP contribution in [0.25, 0.3) is 5.69 Å². The lowest BCUT2D eigenvalue weighted by Crippen LogP contribution is -2.15. The van der Waals surface area contributed by atoms with E-state index in [1.54, 1.807) is 25.1 Å². The van der Waals surface area contributed by atoms with Crippen LogP contribution in [-0.2, 0) is 9.53 Å². The highest BCUT2D eigenvalue weighted by Gasteiger charge is 2.31. The second kappa shape index (κ2) is 7.48. The number of hydrogen-bond acceptors (Lipinski definition) is 6. The Balaban J connectivity index is 2.01. The summed E-state index contributed by atoms with van der Waals surface area (Å²) in [4.78, 5) is 32.6. The Morgan fingerprint density at radius 2 is 1.97 bits per heavy atom. The first kappa shape index (κ1) is 18.8. The predicted molar refractivity (Wildman–Crippen MR) is 106 cm³/mol. The van der Waals surface area contributed by atoms with Crippen molar-refractivity contribution in [3.05, 3.63) is 76.3 Å². The average molecular weight is 410 g/mol. The smallest absolute Gasteiger partial charge is 0.307 e. The molecule has 8 nitrogen and oxygen atoms in total. The summed E-state index contributed by atoms with van der Waals surface area (Å²) in [7, 11) is 0. The minimum Gasteiger partial charge on any atom is -0.432 e. The normalized spacial score (nSPS) is 15.0. The molecule has 0 saturated heterocycles. The number of carbonyl (C=O) groups excluding carboxylic acids is 2. The van der Waals surface area contributed by atoms with E-state index < -0.39 is 18.1 Å². The van der Waals surface area contributed by atoms with Crippen molar-refractivity contribution in [2.75, 3.05) is 0 Å². The molecule has 0 spiro atoms. The molecule has 1 aromatic heterocycles. The van der Waals surface area contributed by atoms with Crippen LogP contribution in [0.5, 0.6) is 0 Å². The third-order valence-corrected chi connectivity index (χ3v) is 4.58. The highest BCUT2D eigenvalue weighted by molar-refractivity contribution is 6.31. The van der Waals surface area contributed by atoms with Crippen molar-refractivity contribution in [2.45, 2.75) is 19.6 Å². The Morgan fingerprint density at radius 1 is 1.21 bits per heavy atom. The molecule has 1 aliphatic heterocycles. The zero-order valence-corrected chi connectivity index (χ0v) is 16.1. The quantitative estimate of drug-likeness (QED) is 0.666. The minimum absolute atomic E-state index is 0.155. The van der Waals surface area contributed by atoms with E-state index in [1.807, 2.05) is 30.3 Å². The summed E-state index contributed by atoms with van der Waals surface area (Å²) in [5.41, 5.74) is 7.96. The molecule has 3 aromatic rings.